The second-order valence-corrected chi connectivity index (χ2v) is 22.0. The van der Waals surface area contributed by atoms with Crippen molar-refractivity contribution in [2.75, 3.05) is 66.5 Å². The largest absolute Gasteiger partial charge is 0.738 e. The molecule has 7 heterocycles. The molecule has 2 aliphatic rings. The fourth-order valence-electron chi connectivity index (χ4n) is 11.4. The van der Waals surface area contributed by atoms with Crippen LogP contribution in [0.2, 0.25) is 5.02 Å². The van der Waals surface area contributed by atoms with Gasteiger partial charge in [0.05, 0.1) is 43.6 Å². The summed E-state index contributed by atoms with van der Waals surface area (Å²) in [6.07, 6.45) is 4.75. The fourth-order valence-corrected chi connectivity index (χ4v) is 11.9. The molecule has 4 aromatic carbocycles. The Bertz CT molecular complexity index is 4060. The van der Waals surface area contributed by atoms with Gasteiger partial charge in [0.15, 0.2) is 11.4 Å². The molecule has 5 aromatic heterocycles. The van der Waals surface area contributed by atoms with Gasteiger partial charge < -0.3 is 47.2 Å². The Labute approximate surface area is 482 Å². The molecule has 2 aliphatic heterocycles. The molecule has 0 amide bonds. The van der Waals surface area contributed by atoms with E-state index in [0.717, 1.165) is 107 Å². The van der Waals surface area contributed by atoms with E-state index in [0.29, 0.717) is 46.3 Å². The van der Waals surface area contributed by atoms with Crippen LogP contribution >= 0.6 is 23.2 Å². The second-order valence-electron chi connectivity index (χ2n) is 21.2. The average Bonchev–Trinajstić information content (AvgIpc) is 3.47. The number of aromatic nitrogens is 9. The first-order chi connectivity index (χ1) is 39.5. The van der Waals surface area contributed by atoms with Crippen molar-refractivity contribution in [1.82, 2.24) is 64.0 Å². The predicted molar refractivity (Wildman–Crippen MR) is 322 cm³/mol. The number of benzene rings is 4. The highest BCUT2D eigenvalue weighted by Crippen LogP contribution is 2.51. The van der Waals surface area contributed by atoms with E-state index >= 15 is 21.8 Å². The van der Waals surface area contributed by atoms with E-state index in [9.17, 15) is 0 Å². The number of para-hydroxylation sites is 2. The lowest BCUT2D eigenvalue weighted by Crippen LogP contribution is -2.52. The lowest BCUT2D eigenvalue weighted by Gasteiger charge is -2.34. The topological polar surface area (TPSA) is 110 Å². The Morgan fingerprint density at radius 3 is 1.63 bits per heavy atom. The molecular weight excluding hydrogens is 1090 g/mol. The maximum absolute atomic E-state index is 17.9. The highest BCUT2D eigenvalue weighted by molar-refractivity contribution is 6.60. The molecule has 9 aromatic rings. The summed E-state index contributed by atoms with van der Waals surface area (Å²) >= 11 is 13.8. The highest BCUT2D eigenvalue weighted by Gasteiger charge is 2.61. The summed E-state index contributed by atoms with van der Waals surface area (Å²) in [5.41, 5.74) is 3.07. The number of nitrogens with one attached hydrogen (secondary N) is 2. The first-order valence-corrected chi connectivity index (χ1v) is 28.4. The van der Waals surface area contributed by atoms with Gasteiger partial charge in [-0.05, 0) is 106 Å². The zero-order valence-corrected chi connectivity index (χ0v) is 48.1. The minimum atomic E-state index is -5.09. The average molecular weight is 1160 g/mol. The van der Waals surface area contributed by atoms with E-state index < -0.39 is 30.1 Å². The molecule has 22 heteroatoms. The summed E-state index contributed by atoms with van der Waals surface area (Å²) in [4.78, 5) is 4.49. The van der Waals surface area contributed by atoms with Crippen LogP contribution in [-0.4, -0.2) is 143 Å². The van der Waals surface area contributed by atoms with Crippen molar-refractivity contribution in [2.24, 2.45) is 0 Å². The van der Waals surface area contributed by atoms with Crippen molar-refractivity contribution in [1.29, 1.82) is 0 Å². The molecule has 0 saturated heterocycles. The van der Waals surface area contributed by atoms with E-state index in [1.807, 2.05) is 107 Å². The molecule has 0 radical (unpaired) electrons. The molecule has 82 heavy (non-hydrogen) atoms. The molecule has 0 unspecified atom stereocenters. The van der Waals surface area contributed by atoms with E-state index in [2.05, 4.69) is 78.1 Å². The number of allylic oxidation sites excluding steroid dienone is 4. The normalized spacial score (nSPS) is 14.9. The Kier molecular flexibility index (Phi) is 16.0. The number of halogens is 7. The van der Waals surface area contributed by atoms with E-state index in [4.69, 9.17) is 23.2 Å². The molecule has 0 spiro atoms. The van der Waals surface area contributed by atoms with Crippen LogP contribution in [0.15, 0.2) is 120 Å². The number of hydrogen-bond acceptors (Lipinski definition) is 8. The van der Waals surface area contributed by atoms with Gasteiger partial charge in [-0.3, -0.25) is 9.36 Å². The second kappa shape index (κ2) is 23.2. The van der Waals surface area contributed by atoms with Crippen LogP contribution in [0, 0.1) is 6.92 Å². The smallest absolute Gasteiger partial charge is 0.389 e. The van der Waals surface area contributed by atoms with Crippen molar-refractivity contribution in [3.05, 3.63) is 164 Å². The molecule has 14 nitrogen and oxygen atoms in total. The Balaban J connectivity index is 0.893. The summed E-state index contributed by atoms with van der Waals surface area (Å²) in [6.45, 7) is 11.2. The minimum Gasteiger partial charge on any atom is -0.389 e. The van der Waals surface area contributed by atoms with Gasteiger partial charge in [-0.25, -0.2) is 0 Å². The number of likely N-dealkylation sites (N-methyl/N-ethyl adjacent to an activating group) is 2. The zero-order chi connectivity index (χ0) is 57.6. The number of rotatable bonds is 22. The van der Waals surface area contributed by atoms with Crippen LogP contribution in [0.1, 0.15) is 60.2 Å². The Morgan fingerprint density at radius 1 is 0.646 bits per heavy atom. The van der Waals surface area contributed by atoms with Gasteiger partial charge >= 0.3 is 13.1 Å². The van der Waals surface area contributed by atoms with Crippen LogP contribution in [0.4, 0.5) is 21.8 Å². The van der Waals surface area contributed by atoms with Crippen LogP contribution in [0.3, 0.4) is 0 Å². The summed E-state index contributed by atoms with van der Waals surface area (Å²) in [7, 11) is 4.18. The van der Waals surface area contributed by atoms with Crippen molar-refractivity contribution in [2.45, 2.75) is 60.1 Å². The number of hydrogen-bond donors (Lipinski definition) is 2. The van der Waals surface area contributed by atoms with Crippen molar-refractivity contribution in [3.8, 4) is 0 Å². The monoisotopic (exact) mass is 1160 g/mol. The van der Waals surface area contributed by atoms with E-state index in [1.165, 1.54) is 26.0 Å². The number of nitrogens with zero attached hydrogens (tertiary/aromatic N) is 12. The molecular formula is C60H64BCl2F5N14. The fraction of sp³-hybridized carbons (Fsp3) is 0.317. The SMILES string of the molecule is CCN(C)CCNCCn1cc(Cn2c3ccccc3c3cc(/C=C/C4=[N+]5C(=C(C(F)(F)F)c6c(C)c(Cl)c(/C=C/c7ccc8c(c7)c7ccccc7n8Cc7cn(CCNCCN(C)CC)nn7)n6[B-]5(F)F)C(C)=C4Cl)ccc32)nn1. The van der Waals surface area contributed by atoms with Crippen molar-refractivity contribution >= 4 is 103 Å². The number of alkyl halides is 3. The molecule has 0 bridgehead atoms. The molecule has 426 valence electrons. The maximum Gasteiger partial charge on any atom is 0.738 e. The van der Waals surface area contributed by atoms with Gasteiger partial charge in [0.1, 0.15) is 22.0 Å². The maximum atomic E-state index is 17.9. The minimum absolute atomic E-state index is 0.127. The van der Waals surface area contributed by atoms with E-state index in [1.54, 1.807) is 12.2 Å². The number of fused-ring (bicyclic) bond motifs is 8. The summed E-state index contributed by atoms with van der Waals surface area (Å²) in [5, 5.41) is 27.9. The first kappa shape index (κ1) is 56.7. The van der Waals surface area contributed by atoms with Gasteiger partial charge in [-0.2, -0.15) is 13.2 Å². The molecule has 0 aliphatic carbocycles. The molecule has 0 saturated carbocycles. The van der Waals surface area contributed by atoms with Crippen LogP contribution in [0.5, 0.6) is 0 Å². The van der Waals surface area contributed by atoms with Crippen molar-refractivity contribution < 1.29 is 26.3 Å². The third kappa shape index (κ3) is 10.8. The molecule has 11 rings (SSSR count). The van der Waals surface area contributed by atoms with E-state index in [-0.39, 0.29) is 32.6 Å². The Morgan fingerprint density at radius 2 is 1.13 bits per heavy atom. The van der Waals surface area contributed by atoms with Gasteiger partial charge in [0, 0.05) is 106 Å². The Hall–Kier alpha value is -7.20. The molecule has 0 atom stereocenters. The van der Waals surface area contributed by atoms with Gasteiger partial charge in [-0.1, -0.05) is 102 Å². The first-order valence-electron chi connectivity index (χ1n) is 27.7. The highest BCUT2D eigenvalue weighted by atomic mass is 35.5. The lowest BCUT2D eigenvalue weighted by molar-refractivity contribution is -0.364. The zero-order valence-electron chi connectivity index (χ0n) is 46.6. The van der Waals surface area contributed by atoms with Crippen LogP contribution in [0.25, 0.3) is 67.4 Å². The lowest BCUT2D eigenvalue weighted by atomic mass is 9.85. The molecule has 2 N–H and O–H groups in total. The standard InChI is InChI=1S/C60H64BCl2F5N14/c1-7-75(5)29-25-69-27-31-77-35-43(71-73-77)37-79-49-15-11-9-13-45(49)47-33-41(17-21-51(47)79)19-23-53-56(62)39(3)58-55(60(64,65)66)59-40(4)57(63)54(82(59)61(67,68)81(53)58)24-20-42-18-22-52-48(34-42)46-14-10-12-16-50(46)80(52)38-44-36-78(74-72-44)32-28-70-26-30-76(6)8-2/h9-24,33-36,69-70H,7-8,25-32,37-38H2,1-6H3/b23-19+,24-20+. The van der Waals surface area contributed by atoms with Gasteiger partial charge in [0.25, 0.3) is 0 Å². The summed E-state index contributed by atoms with van der Waals surface area (Å²) < 4.78 is 91.7. The van der Waals surface area contributed by atoms with Crippen LogP contribution < -0.4 is 10.6 Å². The summed E-state index contributed by atoms with van der Waals surface area (Å²) in [6, 6.07) is 27.3. The predicted octanol–water partition coefficient (Wildman–Crippen LogP) is 11.4. The summed E-state index contributed by atoms with van der Waals surface area (Å²) in [5.74, 6) is 0. The van der Waals surface area contributed by atoms with Crippen molar-refractivity contribution in [3.63, 3.8) is 0 Å². The quantitative estimate of drug-likeness (QED) is 0.0392. The third-order valence-electron chi connectivity index (χ3n) is 15.9. The van der Waals surface area contributed by atoms with Gasteiger partial charge in [-0.15, -0.1) is 10.2 Å². The van der Waals surface area contributed by atoms with Crippen LogP contribution in [-0.2, 0) is 26.2 Å². The molecule has 0 fully saturated rings. The van der Waals surface area contributed by atoms with Gasteiger partial charge in [0.2, 0.25) is 0 Å². The third-order valence-corrected chi connectivity index (χ3v) is 16.9.